The van der Waals surface area contributed by atoms with Crippen LogP contribution in [0.5, 0.6) is 0 Å². The molecule has 0 spiro atoms. The van der Waals surface area contributed by atoms with Gasteiger partial charge in [-0.3, -0.25) is 14.3 Å². The van der Waals surface area contributed by atoms with Crippen LogP contribution in [0.4, 0.5) is 0 Å². The highest BCUT2D eigenvalue weighted by atomic mass is 31.3. The van der Waals surface area contributed by atoms with Crippen molar-refractivity contribution in [2.75, 3.05) is 6.61 Å². The summed E-state index contributed by atoms with van der Waals surface area (Å²) >= 11 is 0. The molecule has 3 atom stereocenters. The summed E-state index contributed by atoms with van der Waals surface area (Å²) in [5.74, 6) is 0. The van der Waals surface area contributed by atoms with Crippen molar-refractivity contribution in [3.63, 3.8) is 0 Å². The second-order valence-electron chi connectivity index (χ2n) is 5.17. The lowest BCUT2D eigenvalue weighted by atomic mass is 10.2. The molecule has 1 saturated heterocycles. The smallest absolute Gasteiger partial charge is 0.352 e. The third-order valence-electron chi connectivity index (χ3n) is 3.15. The Morgan fingerprint density at radius 1 is 1.32 bits per heavy atom. The average molecular weight is 402 g/mol. The Morgan fingerprint density at radius 2 is 2.00 bits per heavy atom. The largest absolute Gasteiger partial charge is 0.508 e. The van der Waals surface area contributed by atoms with Crippen LogP contribution in [0.25, 0.3) is 0 Å². The van der Waals surface area contributed by atoms with E-state index in [1.54, 1.807) is 0 Å². The van der Waals surface area contributed by atoms with Crippen LogP contribution in [0.3, 0.4) is 0 Å². The highest BCUT2D eigenvalue weighted by Crippen LogP contribution is 2.57. The standard InChI is InChI=1S/C10H16N2O11P2/c1-6-4-12(10(14)11-9(6)13)8-3-2-7(21-8)5-20-22-25(18,19)23-24(15,16)17/h4,7-8H,2-3,5H2,1H3,(H,18,19)(H,11,13,14)(H2,15,16,17)/t7-,8+/m0/s1. The normalized spacial score (nSPS) is 23.5. The lowest BCUT2D eigenvalue weighted by Crippen LogP contribution is -2.33. The lowest BCUT2D eigenvalue weighted by Gasteiger charge is -2.16. The molecule has 25 heavy (non-hydrogen) atoms. The molecule has 13 nitrogen and oxygen atoms in total. The van der Waals surface area contributed by atoms with E-state index in [2.05, 4.69) is 18.9 Å². The van der Waals surface area contributed by atoms with E-state index in [0.717, 1.165) is 0 Å². The van der Waals surface area contributed by atoms with Gasteiger partial charge in [-0.25, -0.2) is 18.8 Å². The molecule has 1 aliphatic heterocycles. The number of aromatic nitrogens is 2. The summed E-state index contributed by atoms with van der Waals surface area (Å²) in [5.41, 5.74) is -0.827. The minimum atomic E-state index is -5.23. The first-order valence-electron chi connectivity index (χ1n) is 6.85. The molecule has 2 rings (SSSR count). The molecule has 1 aromatic rings. The summed E-state index contributed by atoms with van der Waals surface area (Å²) in [6.07, 6.45) is 0.840. The van der Waals surface area contributed by atoms with Crippen molar-refractivity contribution < 1.29 is 42.4 Å². The topological polar surface area (TPSA) is 187 Å². The molecule has 1 aromatic heterocycles. The van der Waals surface area contributed by atoms with Crippen LogP contribution < -0.4 is 11.2 Å². The van der Waals surface area contributed by atoms with Gasteiger partial charge in [-0.05, 0) is 19.8 Å². The van der Waals surface area contributed by atoms with Crippen LogP contribution in [-0.2, 0) is 27.7 Å². The summed E-state index contributed by atoms with van der Waals surface area (Å²) in [6.45, 7) is 1.17. The second kappa shape index (κ2) is 7.62. The quantitative estimate of drug-likeness (QED) is 0.266. The van der Waals surface area contributed by atoms with E-state index in [1.165, 1.54) is 17.7 Å². The van der Waals surface area contributed by atoms with E-state index in [9.17, 15) is 18.7 Å². The Hall–Kier alpha value is -1.14. The first-order valence-corrected chi connectivity index (χ1v) is 9.88. The Labute approximate surface area is 139 Å². The molecule has 0 saturated carbocycles. The molecule has 2 heterocycles. The van der Waals surface area contributed by atoms with E-state index >= 15 is 0 Å². The molecule has 4 N–H and O–H groups in total. The Balaban J connectivity index is 1.89. The number of phosphoric acid groups is 2. The summed E-state index contributed by atoms with van der Waals surface area (Å²) in [7, 11) is -10.3. The Bertz CT molecular complexity index is 827. The van der Waals surface area contributed by atoms with Crippen molar-refractivity contribution in [1.29, 1.82) is 0 Å². The van der Waals surface area contributed by atoms with Gasteiger partial charge in [0.1, 0.15) is 12.8 Å². The van der Waals surface area contributed by atoms with Crippen molar-refractivity contribution in [1.82, 2.24) is 9.55 Å². The third-order valence-corrected chi connectivity index (χ3v) is 5.12. The Morgan fingerprint density at radius 3 is 2.64 bits per heavy atom. The van der Waals surface area contributed by atoms with Crippen LogP contribution in [0, 0.1) is 6.92 Å². The van der Waals surface area contributed by atoms with Gasteiger partial charge in [-0.2, -0.15) is 4.31 Å². The van der Waals surface area contributed by atoms with E-state index < -0.39 is 39.2 Å². The lowest BCUT2D eigenvalue weighted by molar-refractivity contribution is -0.240. The Kier molecular flexibility index (Phi) is 6.15. The molecule has 1 fully saturated rings. The fraction of sp³-hybridized carbons (Fsp3) is 0.600. The number of nitrogens with one attached hydrogen (secondary N) is 1. The first kappa shape index (κ1) is 20.2. The predicted octanol–water partition coefficient (Wildman–Crippen LogP) is -0.319. The zero-order valence-corrected chi connectivity index (χ0v) is 14.6. The number of hydrogen-bond acceptors (Lipinski definition) is 8. The summed E-state index contributed by atoms with van der Waals surface area (Å²) < 4.78 is 35.9. The second-order valence-corrected chi connectivity index (χ2v) is 7.89. The van der Waals surface area contributed by atoms with Gasteiger partial charge >= 0.3 is 21.3 Å². The number of nitrogens with zero attached hydrogens (tertiary/aromatic N) is 1. The molecule has 0 radical (unpaired) electrons. The maximum absolute atomic E-state index is 11.8. The van der Waals surface area contributed by atoms with E-state index in [0.29, 0.717) is 18.4 Å². The highest BCUT2D eigenvalue weighted by Gasteiger charge is 2.35. The van der Waals surface area contributed by atoms with E-state index in [1.807, 2.05) is 0 Å². The maximum atomic E-state index is 11.8. The fourth-order valence-electron chi connectivity index (χ4n) is 2.13. The van der Waals surface area contributed by atoms with Gasteiger partial charge in [0.05, 0.1) is 6.10 Å². The average Bonchev–Trinajstić information content (AvgIpc) is 2.88. The fourth-order valence-corrected chi connectivity index (χ4v) is 3.51. The van der Waals surface area contributed by atoms with Gasteiger partial charge in [-0.15, -0.1) is 4.67 Å². The molecule has 1 unspecified atom stereocenters. The minimum Gasteiger partial charge on any atom is -0.352 e. The maximum Gasteiger partial charge on any atom is 0.508 e. The highest BCUT2D eigenvalue weighted by molar-refractivity contribution is 7.60. The number of H-pyrrole nitrogens is 1. The molecule has 0 amide bonds. The van der Waals surface area contributed by atoms with Crippen LogP contribution in [-0.4, -0.2) is 36.9 Å². The number of aromatic amines is 1. The molecule has 0 aromatic carbocycles. The van der Waals surface area contributed by atoms with Crippen molar-refractivity contribution in [3.05, 3.63) is 32.6 Å². The van der Waals surface area contributed by atoms with Crippen molar-refractivity contribution in [2.24, 2.45) is 0 Å². The number of rotatable bonds is 7. The molecule has 1 aliphatic rings. The number of ether oxygens (including phenoxy) is 1. The van der Waals surface area contributed by atoms with E-state index in [-0.39, 0.29) is 6.61 Å². The first-order chi connectivity index (χ1) is 11.5. The SMILES string of the molecule is Cc1cn([C@H]2CC[C@@H](COOP(=O)(O)OP(=O)(O)O)O2)c(=O)[nH]c1=O. The zero-order chi connectivity index (χ0) is 18.8. The van der Waals surface area contributed by atoms with Crippen LogP contribution >= 0.6 is 15.6 Å². The molecule has 0 bridgehead atoms. The molecule has 15 heteroatoms. The molecule has 142 valence electrons. The number of hydrogen-bond donors (Lipinski definition) is 4. The van der Waals surface area contributed by atoms with Crippen LogP contribution in [0.2, 0.25) is 0 Å². The summed E-state index contributed by atoms with van der Waals surface area (Å²) in [6, 6.07) is 0. The van der Waals surface area contributed by atoms with Gasteiger partial charge in [0, 0.05) is 11.8 Å². The predicted molar refractivity (Wildman–Crippen MR) is 79.2 cm³/mol. The number of aryl methyl sites for hydroxylation is 1. The van der Waals surface area contributed by atoms with Gasteiger partial charge in [0.25, 0.3) is 5.56 Å². The van der Waals surface area contributed by atoms with Crippen molar-refractivity contribution in [3.8, 4) is 0 Å². The van der Waals surface area contributed by atoms with Gasteiger partial charge in [-0.1, -0.05) is 0 Å². The van der Waals surface area contributed by atoms with Gasteiger partial charge < -0.3 is 19.4 Å². The summed E-state index contributed by atoms with van der Waals surface area (Å²) in [4.78, 5) is 55.6. The van der Waals surface area contributed by atoms with Crippen molar-refractivity contribution >= 4 is 15.6 Å². The van der Waals surface area contributed by atoms with Crippen molar-refractivity contribution in [2.45, 2.75) is 32.1 Å². The molecular formula is C10H16N2O11P2. The third kappa shape index (κ3) is 5.96. The summed E-state index contributed by atoms with van der Waals surface area (Å²) in [5, 5.41) is 0. The minimum absolute atomic E-state index is 0.321. The molecular weight excluding hydrogens is 386 g/mol. The molecule has 0 aliphatic carbocycles. The van der Waals surface area contributed by atoms with Gasteiger partial charge in [0.15, 0.2) is 0 Å². The van der Waals surface area contributed by atoms with E-state index in [4.69, 9.17) is 19.4 Å². The van der Waals surface area contributed by atoms with Crippen LogP contribution in [0.15, 0.2) is 15.8 Å². The van der Waals surface area contributed by atoms with Gasteiger partial charge in [0.2, 0.25) is 0 Å². The zero-order valence-electron chi connectivity index (χ0n) is 12.8. The monoisotopic (exact) mass is 402 g/mol. The van der Waals surface area contributed by atoms with Crippen LogP contribution in [0.1, 0.15) is 24.6 Å².